The lowest BCUT2D eigenvalue weighted by Crippen LogP contribution is -2.27. The summed E-state index contributed by atoms with van der Waals surface area (Å²) in [6.45, 7) is 6.43. The van der Waals surface area contributed by atoms with E-state index in [1.54, 1.807) is 0 Å². The molecule has 0 saturated carbocycles. The van der Waals surface area contributed by atoms with E-state index in [9.17, 15) is 0 Å². The summed E-state index contributed by atoms with van der Waals surface area (Å²) in [5.74, 6) is 1.14. The zero-order valence-electron chi connectivity index (χ0n) is 12.8. The van der Waals surface area contributed by atoms with E-state index in [1.807, 2.05) is 6.20 Å². The number of hydrogen-bond acceptors (Lipinski definition) is 2. The van der Waals surface area contributed by atoms with Crippen LogP contribution in [0.25, 0.3) is 0 Å². The predicted octanol–water partition coefficient (Wildman–Crippen LogP) is 4.34. The van der Waals surface area contributed by atoms with E-state index in [4.69, 9.17) is 0 Å². The smallest absolute Gasteiger partial charge is 0.126 e. The van der Waals surface area contributed by atoms with Gasteiger partial charge >= 0.3 is 0 Å². The van der Waals surface area contributed by atoms with Gasteiger partial charge in [-0.15, -0.1) is 0 Å². The zero-order valence-corrected chi connectivity index (χ0v) is 14.4. The molecule has 0 saturated heterocycles. The quantitative estimate of drug-likeness (QED) is 0.768. The molecule has 0 bridgehead atoms. The van der Waals surface area contributed by atoms with Gasteiger partial charge in [-0.3, -0.25) is 0 Å². The fourth-order valence-electron chi connectivity index (χ4n) is 2.52. The van der Waals surface area contributed by atoms with E-state index in [0.717, 1.165) is 38.2 Å². The number of benzene rings is 1. The van der Waals surface area contributed by atoms with Gasteiger partial charge in [-0.05, 0) is 37.4 Å². The minimum absolute atomic E-state index is 0.255. The fraction of sp³-hybridized carbons (Fsp3) is 0.471. The molecule has 4 heteroatoms. The van der Waals surface area contributed by atoms with Crippen molar-refractivity contribution in [1.29, 1.82) is 0 Å². The summed E-state index contributed by atoms with van der Waals surface area (Å²) in [5, 5.41) is 3.64. The van der Waals surface area contributed by atoms with Gasteiger partial charge in [0.15, 0.2) is 0 Å². The van der Waals surface area contributed by atoms with Gasteiger partial charge in [0.2, 0.25) is 0 Å². The Bertz CT molecular complexity index is 550. The molecule has 0 aliphatic carbocycles. The van der Waals surface area contributed by atoms with Crippen LogP contribution in [-0.2, 0) is 13.0 Å². The third-order valence-corrected chi connectivity index (χ3v) is 4.32. The van der Waals surface area contributed by atoms with E-state index in [-0.39, 0.29) is 6.04 Å². The zero-order chi connectivity index (χ0) is 15.1. The van der Waals surface area contributed by atoms with Crippen molar-refractivity contribution in [2.45, 2.75) is 45.7 Å². The molecule has 21 heavy (non-hydrogen) atoms. The van der Waals surface area contributed by atoms with Crippen molar-refractivity contribution in [1.82, 2.24) is 14.9 Å². The van der Waals surface area contributed by atoms with E-state index >= 15 is 0 Å². The largest absolute Gasteiger partial charge is 0.334 e. The van der Waals surface area contributed by atoms with Crippen molar-refractivity contribution in [3.05, 3.63) is 52.5 Å². The summed E-state index contributed by atoms with van der Waals surface area (Å²) >= 11 is 3.65. The second-order valence-corrected chi connectivity index (χ2v) is 6.14. The molecule has 0 fully saturated rings. The Morgan fingerprint density at radius 1 is 1.24 bits per heavy atom. The molecule has 114 valence electrons. The standard InChI is InChI=1S/C17H24BrN3/c1-3-9-19-16(13-14-7-5-6-8-15(14)18)17-20-10-12-21(17)11-4-2/h5-8,10,12,16,19H,3-4,9,11,13H2,1-2H3. The van der Waals surface area contributed by atoms with Crippen LogP contribution < -0.4 is 5.32 Å². The van der Waals surface area contributed by atoms with Crippen LogP contribution in [0.15, 0.2) is 41.1 Å². The summed E-state index contributed by atoms with van der Waals surface area (Å²) in [6.07, 6.45) is 7.19. The third-order valence-electron chi connectivity index (χ3n) is 3.55. The van der Waals surface area contributed by atoms with Crippen molar-refractivity contribution >= 4 is 15.9 Å². The van der Waals surface area contributed by atoms with Gasteiger partial charge in [-0.2, -0.15) is 0 Å². The topological polar surface area (TPSA) is 29.9 Å². The molecule has 1 aromatic carbocycles. The van der Waals surface area contributed by atoms with Crippen LogP contribution in [0.4, 0.5) is 0 Å². The summed E-state index contributed by atoms with van der Waals surface area (Å²) in [5.41, 5.74) is 1.32. The number of nitrogens with one attached hydrogen (secondary N) is 1. The summed E-state index contributed by atoms with van der Waals surface area (Å²) in [4.78, 5) is 4.60. The molecule has 0 amide bonds. The molecule has 0 aliphatic heterocycles. The van der Waals surface area contributed by atoms with E-state index < -0.39 is 0 Å². The Labute approximate surface area is 135 Å². The van der Waals surface area contributed by atoms with Crippen LogP contribution in [0.2, 0.25) is 0 Å². The SMILES string of the molecule is CCCNC(Cc1ccccc1Br)c1nccn1CCC. The summed E-state index contributed by atoms with van der Waals surface area (Å²) in [6, 6.07) is 8.68. The number of halogens is 1. The Morgan fingerprint density at radius 2 is 2.05 bits per heavy atom. The predicted molar refractivity (Wildman–Crippen MR) is 91.4 cm³/mol. The van der Waals surface area contributed by atoms with Gasteiger partial charge in [0.25, 0.3) is 0 Å². The molecular weight excluding hydrogens is 326 g/mol. The van der Waals surface area contributed by atoms with Crippen LogP contribution in [-0.4, -0.2) is 16.1 Å². The molecule has 0 radical (unpaired) electrons. The fourth-order valence-corrected chi connectivity index (χ4v) is 2.96. The lowest BCUT2D eigenvalue weighted by Gasteiger charge is -2.20. The highest BCUT2D eigenvalue weighted by atomic mass is 79.9. The molecule has 1 unspecified atom stereocenters. The van der Waals surface area contributed by atoms with Gasteiger partial charge in [0.1, 0.15) is 5.82 Å². The van der Waals surface area contributed by atoms with E-state index in [0.29, 0.717) is 0 Å². The molecule has 3 nitrogen and oxygen atoms in total. The van der Waals surface area contributed by atoms with Crippen molar-refractivity contribution in [3.8, 4) is 0 Å². The van der Waals surface area contributed by atoms with Crippen LogP contribution in [0.1, 0.15) is 44.1 Å². The second kappa shape index (κ2) is 8.35. The Hall–Kier alpha value is -1.13. The number of aromatic nitrogens is 2. The summed E-state index contributed by atoms with van der Waals surface area (Å²) in [7, 11) is 0. The molecule has 2 rings (SSSR count). The highest BCUT2D eigenvalue weighted by molar-refractivity contribution is 9.10. The maximum atomic E-state index is 4.60. The average Bonchev–Trinajstić information content (AvgIpc) is 2.94. The second-order valence-electron chi connectivity index (χ2n) is 5.28. The number of rotatable bonds is 8. The number of aryl methyl sites for hydroxylation is 1. The molecule has 1 heterocycles. The van der Waals surface area contributed by atoms with Gasteiger partial charge in [0.05, 0.1) is 6.04 Å². The van der Waals surface area contributed by atoms with Crippen LogP contribution in [0, 0.1) is 0 Å². The highest BCUT2D eigenvalue weighted by Gasteiger charge is 2.17. The maximum absolute atomic E-state index is 4.60. The first kappa shape index (κ1) is 16.2. The van der Waals surface area contributed by atoms with Gasteiger partial charge in [-0.1, -0.05) is 48.0 Å². The van der Waals surface area contributed by atoms with Crippen molar-refractivity contribution < 1.29 is 0 Å². The first-order valence-electron chi connectivity index (χ1n) is 7.74. The van der Waals surface area contributed by atoms with Crippen molar-refractivity contribution in [2.75, 3.05) is 6.54 Å². The molecule has 0 aliphatic rings. The van der Waals surface area contributed by atoms with Gasteiger partial charge < -0.3 is 9.88 Å². The van der Waals surface area contributed by atoms with Crippen molar-refractivity contribution in [3.63, 3.8) is 0 Å². The molecule has 2 aromatic rings. The molecular formula is C17H24BrN3. The maximum Gasteiger partial charge on any atom is 0.126 e. The van der Waals surface area contributed by atoms with Crippen LogP contribution in [0.3, 0.4) is 0 Å². The lowest BCUT2D eigenvalue weighted by atomic mass is 10.0. The Balaban J connectivity index is 2.21. The minimum Gasteiger partial charge on any atom is -0.334 e. The van der Waals surface area contributed by atoms with Gasteiger partial charge in [-0.25, -0.2) is 4.98 Å². The third kappa shape index (κ3) is 4.42. The lowest BCUT2D eigenvalue weighted by molar-refractivity contribution is 0.475. The highest BCUT2D eigenvalue weighted by Crippen LogP contribution is 2.23. The first-order valence-corrected chi connectivity index (χ1v) is 8.53. The van der Waals surface area contributed by atoms with Gasteiger partial charge in [0, 0.05) is 23.4 Å². The Morgan fingerprint density at radius 3 is 2.76 bits per heavy atom. The Kier molecular flexibility index (Phi) is 6.46. The average molecular weight is 350 g/mol. The van der Waals surface area contributed by atoms with E-state index in [2.05, 4.69) is 75.1 Å². The normalized spacial score (nSPS) is 12.5. The summed E-state index contributed by atoms with van der Waals surface area (Å²) < 4.78 is 3.44. The monoisotopic (exact) mass is 349 g/mol. The minimum atomic E-state index is 0.255. The molecule has 1 N–H and O–H groups in total. The van der Waals surface area contributed by atoms with Crippen LogP contribution in [0.5, 0.6) is 0 Å². The molecule has 1 atom stereocenters. The molecule has 0 spiro atoms. The van der Waals surface area contributed by atoms with E-state index in [1.165, 1.54) is 10.0 Å². The number of nitrogens with zero attached hydrogens (tertiary/aromatic N) is 2. The van der Waals surface area contributed by atoms with Crippen LogP contribution >= 0.6 is 15.9 Å². The first-order chi connectivity index (χ1) is 10.3. The number of imidazole rings is 1. The van der Waals surface area contributed by atoms with Crippen molar-refractivity contribution in [2.24, 2.45) is 0 Å². The number of hydrogen-bond donors (Lipinski definition) is 1. The molecule has 1 aromatic heterocycles.